The molecule has 0 saturated carbocycles. The number of rotatable bonds is 7. The lowest BCUT2D eigenvalue weighted by Gasteiger charge is -2.18. The van der Waals surface area contributed by atoms with Gasteiger partial charge in [0.15, 0.2) is 0 Å². The lowest BCUT2D eigenvalue weighted by atomic mass is 10.1. The quantitative estimate of drug-likeness (QED) is 0.823. The highest BCUT2D eigenvalue weighted by Gasteiger charge is 2.10. The average Bonchev–Trinajstić information content (AvgIpc) is 2.52. The molecule has 0 aromatic heterocycles. The monoisotopic (exact) mass is 299 g/mol. The highest BCUT2D eigenvalue weighted by molar-refractivity contribution is 5.35. The summed E-state index contributed by atoms with van der Waals surface area (Å²) in [4.78, 5) is 0. The number of ether oxygens (including phenoxy) is 1. The Labute approximate surface area is 133 Å². The molecular formula is C19H25NO2. The fourth-order valence-electron chi connectivity index (χ4n) is 2.38. The normalized spacial score (nSPS) is 13.6. The first-order valence-electron chi connectivity index (χ1n) is 7.72. The van der Waals surface area contributed by atoms with Crippen molar-refractivity contribution in [1.82, 2.24) is 5.32 Å². The van der Waals surface area contributed by atoms with Gasteiger partial charge in [-0.05, 0) is 38.0 Å². The molecule has 0 fully saturated rings. The smallest absolute Gasteiger partial charge is 0.122 e. The van der Waals surface area contributed by atoms with Crippen LogP contribution in [0.4, 0.5) is 0 Å². The third-order valence-electron chi connectivity index (χ3n) is 3.72. The maximum Gasteiger partial charge on any atom is 0.122 e. The fraction of sp³-hybridized carbons (Fsp3) is 0.368. The van der Waals surface area contributed by atoms with E-state index in [1.165, 1.54) is 11.1 Å². The SMILES string of the molecule is Cc1ccc(OC[C@@H](O)CN[C@H](C)c2ccccc2)c(C)c1. The number of hydrogen-bond donors (Lipinski definition) is 2. The predicted molar refractivity (Wildman–Crippen MR) is 90.3 cm³/mol. The minimum atomic E-state index is -0.535. The molecule has 2 aromatic carbocycles. The average molecular weight is 299 g/mol. The maximum atomic E-state index is 10.1. The van der Waals surface area contributed by atoms with Gasteiger partial charge in [0, 0.05) is 12.6 Å². The Morgan fingerprint density at radius 1 is 1.09 bits per heavy atom. The highest BCUT2D eigenvalue weighted by Crippen LogP contribution is 2.18. The zero-order valence-electron chi connectivity index (χ0n) is 13.5. The summed E-state index contributed by atoms with van der Waals surface area (Å²) in [5.74, 6) is 0.834. The molecule has 2 rings (SSSR count). The molecule has 118 valence electrons. The van der Waals surface area contributed by atoms with E-state index in [9.17, 15) is 5.11 Å². The van der Waals surface area contributed by atoms with Crippen molar-refractivity contribution in [1.29, 1.82) is 0 Å². The molecule has 0 radical (unpaired) electrons. The summed E-state index contributed by atoms with van der Waals surface area (Å²) in [6, 6.07) is 16.5. The zero-order valence-corrected chi connectivity index (χ0v) is 13.5. The summed E-state index contributed by atoms with van der Waals surface area (Å²) >= 11 is 0. The molecule has 0 bridgehead atoms. The topological polar surface area (TPSA) is 41.5 Å². The number of hydrogen-bond acceptors (Lipinski definition) is 3. The van der Waals surface area contributed by atoms with Crippen molar-refractivity contribution >= 4 is 0 Å². The van der Waals surface area contributed by atoms with Crippen LogP contribution in [-0.2, 0) is 0 Å². The third kappa shape index (κ3) is 4.86. The van der Waals surface area contributed by atoms with Crippen molar-refractivity contribution in [2.45, 2.75) is 32.9 Å². The van der Waals surface area contributed by atoms with Crippen LogP contribution in [0.3, 0.4) is 0 Å². The molecule has 0 saturated heterocycles. The summed E-state index contributed by atoms with van der Waals surface area (Å²) in [6.45, 7) is 6.96. The van der Waals surface area contributed by atoms with Crippen LogP contribution in [0.15, 0.2) is 48.5 Å². The Morgan fingerprint density at radius 2 is 1.82 bits per heavy atom. The Kier molecular flexibility index (Phi) is 5.99. The van der Waals surface area contributed by atoms with Gasteiger partial charge < -0.3 is 15.2 Å². The van der Waals surface area contributed by atoms with Gasteiger partial charge in [-0.15, -0.1) is 0 Å². The van der Waals surface area contributed by atoms with Crippen molar-refractivity contribution in [3.63, 3.8) is 0 Å². The molecule has 0 heterocycles. The van der Waals surface area contributed by atoms with E-state index < -0.39 is 6.10 Å². The Morgan fingerprint density at radius 3 is 2.50 bits per heavy atom. The van der Waals surface area contributed by atoms with Crippen LogP contribution < -0.4 is 10.1 Å². The molecule has 3 heteroatoms. The van der Waals surface area contributed by atoms with Crippen molar-refractivity contribution in [2.24, 2.45) is 0 Å². The molecule has 0 aliphatic carbocycles. The van der Waals surface area contributed by atoms with Gasteiger partial charge in [-0.1, -0.05) is 48.0 Å². The van der Waals surface area contributed by atoms with E-state index in [2.05, 4.69) is 37.4 Å². The van der Waals surface area contributed by atoms with Crippen LogP contribution in [-0.4, -0.2) is 24.4 Å². The van der Waals surface area contributed by atoms with Crippen LogP contribution in [0, 0.1) is 13.8 Å². The van der Waals surface area contributed by atoms with Crippen LogP contribution in [0.1, 0.15) is 29.7 Å². The summed E-state index contributed by atoms with van der Waals surface area (Å²) in [5, 5.41) is 13.4. The van der Waals surface area contributed by atoms with Gasteiger partial charge in [0.1, 0.15) is 18.5 Å². The molecule has 2 atom stereocenters. The standard InChI is InChI=1S/C19H25NO2/c1-14-9-10-19(15(2)11-14)22-13-18(21)12-20-16(3)17-7-5-4-6-8-17/h4-11,16,18,20-21H,12-13H2,1-3H3/t16-,18+/m1/s1. The van der Waals surface area contributed by atoms with E-state index in [0.717, 1.165) is 11.3 Å². The van der Waals surface area contributed by atoms with Gasteiger partial charge in [-0.25, -0.2) is 0 Å². The second-order valence-corrected chi connectivity index (χ2v) is 5.77. The van der Waals surface area contributed by atoms with Crippen LogP contribution in [0.2, 0.25) is 0 Å². The van der Waals surface area contributed by atoms with Gasteiger partial charge in [0.2, 0.25) is 0 Å². The number of aliphatic hydroxyl groups excluding tert-OH is 1. The van der Waals surface area contributed by atoms with Gasteiger partial charge in [0.25, 0.3) is 0 Å². The Balaban J connectivity index is 1.77. The fourth-order valence-corrected chi connectivity index (χ4v) is 2.38. The van der Waals surface area contributed by atoms with E-state index in [0.29, 0.717) is 13.2 Å². The number of aryl methyl sites for hydroxylation is 2. The van der Waals surface area contributed by atoms with Crippen LogP contribution in [0.25, 0.3) is 0 Å². The molecule has 22 heavy (non-hydrogen) atoms. The summed E-state index contributed by atoms with van der Waals surface area (Å²) in [5.41, 5.74) is 3.52. The zero-order chi connectivity index (χ0) is 15.9. The van der Waals surface area contributed by atoms with E-state index >= 15 is 0 Å². The minimum Gasteiger partial charge on any atom is -0.491 e. The minimum absolute atomic E-state index is 0.206. The van der Waals surface area contributed by atoms with Crippen molar-refractivity contribution in [3.8, 4) is 5.75 Å². The maximum absolute atomic E-state index is 10.1. The number of aliphatic hydroxyl groups is 1. The first kappa shape index (κ1) is 16.5. The van der Waals surface area contributed by atoms with E-state index in [4.69, 9.17) is 4.74 Å². The molecule has 0 spiro atoms. The van der Waals surface area contributed by atoms with Crippen molar-refractivity contribution < 1.29 is 9.84 Å². The van der Waals surface area contributed by atoms with Gasteiger partial charge in [-0.2, -0.15) is 0 Å². The summed E-state index contributed by atoms with van der Waals surface area (Å²) in [6.07, 6.45) is -0.535. The lowest BCUT2D eigenvalue weighted by molar-refractivity contribution is 0.104. The molecule has 0 unspecified atom stereocenters. The van der Waals surface area contributed by atoms with E-state index in [-0.39, 0.29) is 6.04 Å². The predicted octanol–water partition coefficient (Wildman–Crippen LogP) is 3.39. The highest BCUT2D eigenvalue weighted by atomic mass is 16.5. The van der Waals surface area contributed by atoms with E-state index in [1.54, 1.807) is 0 Å². The van der Waals surface area contributed by atoms with Crippen LogP contribution in [0.5, 0.6) is 5.75 Å². The Bertz CT molecular complexity index is 583. The number of benzene rings is 2. The molecule has 2 aromatic rings. The lowest BCUT2D eigenvalue weighted by Crippen LogP contribution is -2.33. The molecule has 3 nitrogen and oxygen atoms in total. The first-order valence-corrected chi connectivity index (χ1v) is 7.72. The van der Waals surface area contributed by atoms with E-state index in [1.807, 2.05) is 37.3 Å². The van der Waals surface area contributed by atoms with Crippen LogP contribution >= 0.6 is 0 Å². The second kappa shape index (κ2) is 7.97. The third-order valence-corrected chi connectivity index (χ3v) is 3.72. The molecule has 0 amide bonds. The molecule has 0 aliphatic heterocycles. The van der Waals surface area contributed by atoms with Crippen molar-refractivity contribution in [2.75, 3.05) is 13.2 Å². The summed E-state index contributed by atoms with van der Waals surface area (Å²) in [7, 11) is 0. The largest absolute Gasteiger partial charge is 0.491 e. The number of nitrogens with one attached hydrogen (secondary N) is 1. The van der Waals surface area contributed by atoms with Gasteiger partial charge >= 0.3 is 0 Å². The Hall–Kier alpha value is -1.84. The molecular weight excluding hydrogens is 274 g/mol. The van der Waals surface area contributed by atoms with Gasteiger partial charge in [-0.3, -0.25) is 0 Å². The molecule has 2 N–H and O–H groups in total. The molecule has 0 aliphatic rings. The van der Waals surface area contributed by atoms with Gasteiger partial charge in [0.05, 0.1) is 0 Å². The second-order valence-electron chi connectivity index (χ2n) is 5.77. The summed E-state index contributed by atoms with van der Waals surface area (Å²) < 4.78 is 5.70. The van der Waals surface area contributed by atoms with Crippen molar-refractivity contribution in [3.05, 3.63) is 65.2 Å². The first-order chi connectivity index (χ1) is 10.6.